The van der Waals surface area contributed by atoms with Crippen LogP contribution in [0.5, 0.6) is 0 Å². The Bertz CT molecular complexity index is 1570. The maximum atomic E-state index is 13.1. The number of thioether (sulfide) groups is 1. The number of thiazole rings is 1. The molecule has 0 aliphatic heterocycles. The van der Waals surface area contributed by atoms with Gasteiger partial charge in [-0.1, -0.05) is 36.4 Å². The number of fused-ring (bicyclic) bond motifs is 1. The van der Waals surface area contributed by atoms with Crippen LogP contribution in [0.2, 0.25) is 0 Å². The fraction of sp³-hybridized carbons (Fsp3) is 0.0690. The molecule has 2 amide bonds. The lowest BCUT2D eigenvalue weighted by Gasteiger charge is -2.11. The van der Waals surface area contributed by atoms with Gasteiger partial charge in [0.05, 0.1) is 10.9 Å². The van der Waals surface area contributed by atoms with E-state index in [4.69, 9.17) is 0 Å². The summed E-state index contributed by atoms with van der Waals surface area (Å²) in [7, 11) is 0. The van der Waals surface area contributed by atoms with E-state index in [1.165, 1.54) is 52.8 Å². The molecule has 0 aliphatic carbocycles. The van der Waals surface area contributed by atoms with E-state index in [0.717, 1.165) is 21.5 Å². The van der Waals surface area contributed by atoms with Crippen LogP contribution in [0.1, 0.15) is 17.3 Å². The number of anilines is 2. The van der Waals surface area contributed by atoms with Crippen molar-refractivity contribution in [2.75, 3.05) is 10.6 Å². The van der Waals surface area contributed by atoms with Crippen LogP contribution in [-0.2, 0) is 4.79 Å². The maximum absolute atomic E-state index is 13.1. The number of nitrogens with one attached hydrogen (secondary N) is 2. The van der Waals surface area contributed by atoms with Gasteiger partial charge in [0, 0.05) is 27.1 Å². The molecule has 1 heterocycles. The number of benzene rings is 4. The lowest BCUT2D eigenvalue weighted by Crippen LogP contribution is -2.22. The zero-order chi connectivity index (χ0) is 25.8. The number of aromatic nitrogens is 1. The number of hydrogen-bond acceptors (Lipinski definition) is 5. The molecule has 4 aromatic carbocycles. The van der Waals surface area contributed by atoms with Gasteiger partial charge in [-0.05, 0) is 72.3 Å². The first-order valence-electron chi connectivity index (χ1n) is 11.5. The van der Waals surface area contributed by atoms with E-state index in [1.807, 2.05) is 42.6 Å². The first kappa shape index (κ1) is 24.7. The summed E-state index contributed by atoms with van der Waals surface area (Å²) in [5.74, 6) is -0.853. The minimum absolute atomic E-state index is 0.141. The first-order chi connectivity index (χ1) is 17.9. The minimum Gasteiger partial charge on any atom is -0.322 e. The third-order valence-electron chi connectivity index (χ3n) is 5.68. The zero-order valence-electron chi connectivity index (χ0n) is 19.8. The monoisotopic (exact) mass is 527 g/mol. The number of hydrogen-bond donors (Lipinski definition) is 2. The van der Waals surface area contributed by atoms with Gasteiger partial charge in [-0.25, -0.2) is 9.37 Å². The number of carbonyl (C=O) groups excluding carboxylic acids is 2. The fourth-order valence-electron chi connectivity index (χ4n) is 3.70. The SMILES string of the molecule is CC(Sc1ccc(NC(=O)c2ccc(F)cc2)cc1)C(=O)Nc1nc(-c2ccc3ccccc3c2)cs1. The van der Waals surface area contributed by atoms with Crippen molar-refractivity contribution in [1.29, 1.82) is 0 Å². The first-order valence-corrected chi connectivity index (χ1v) is 13.3. The van der Waals surface area contributed by atoms with Crippen LogP contribution in [0.25, 0.3) is 22.0 Å². The van der Waals surface area contributed by atoms with Crippen molar-refractivity contribution in [3.63, 3.8) is 0 Å². The average Bonchev–Trinajstić information content (AvgIpc) is 3.38. The second-order valence-electron chi connectivity index (χ2n) is 8.33. The summed E-state index contributed by atoms with van der Waals surface area (Å²) < 4.78 is 13.1. The highest BCUT2D eigenvalue weighted by Crippen LogP contribution is 2.29. The van der Waals surface area contributed by atoms with Gasteiger partial charge in [-0.2, -0.15) is 0 Å². The molecular formula is C29H22FN3O2S2. The Morgan fingerprint density at radius 2 is 1.62 bits per heavy atom. The third-order valence-corrected chi connectivity index (χ3v) is 7.55. The van der Waals surface area contributed by atoms with E-state index < -0.39 is 5.82 Å². The summed E-state index contributed by atoms with van der Waals surface area (Å²) in [5.41, 5.74) is 2.81. The molecule has 5 aromatic rings. The predicted molar refractivity (Wildman–Crippen MR) is 150 cm³/mol. The lowest BCUT2D eigenvalue weighted by atomic mass is 10.1. The zero-order valence-corrected chi connectivity index (χ0v) is 21.4. The van der Waals surface area contributed by atoms with Crippen molar-refractivity contribution in [1.82, 2.24) is 4.98 Å². The summed E-state index contributed by atoms with van der Waals surface area (Å²) in [4.78, 5) is 30.6. The second kappa shape index (κ2) is 10.9. The Morgan fingerprint density at radius 1 is 0.892 bits per heavy atom. The Balaban J connectivity index is 1.17. The van der Waals surface area contributed by atoms with Gasteiger partial charge in [0.25, 0.3) is 5.91 Å². The molecule has 0 radical (unpaired) electrons. The second-order valence-corrected chi connectivity index (χ2v) is 10.6. The van der Waals surface area contributed by atoms with Crippen LogP contribution in [0.4, 0.5) is 15.2 Å². The van der Waals surface area contributed by atoms with Crippen molar-refractivity contribution >= 4 is 56.5 Å². The Hall–Kier alpha value is -4.01. The molecule has 2 N–H and O–H groups in total. The number of nitrogens with zero attached hydrogens (tertiary/aromatic N) is 1. The van der Waals surface area contributed by atoms with Crippen LogP contribution < -0.4 is 10.6 Å². The van der Waals surface area contributed by atoms with Crippen molar-refractivity contribution < 1.29 is 14.0 Å². The molecule has 5 nitrogen and oxygen atoms in total. The molecule has 5 rings (SSSR count). The molecule has 0 bridgehead atoms. The number of carbonyl (C=O) groups is 2. The molecule has 0 saturated heterocycles. The molecule has 1 aromatic heterocycles. The fourth-order valence-corrected chi connectivity index (χ4v) is 5.29. The van der Waals surface area contributed by atoms with E-state index in [9.17, 15) is 14.0 Å². The van der Waals surface area contributed by atoms with Gasteiger partial charge < -0.3 is 10.6 Å². The highest BCUT2D eigenvalue weighted by Gasteiger charge is 2.17. The number of halogens is 1. The Kier molecular flexibility index (Phi) is 7.30. The summed E-state index contributed by atoms with van der Waals surface area (Å²) in [6.07, 6.45) is 0. The molecule has 184 valence electrons. The summed E-state index contributed by atoms with van der Waals surface area (Å²) in [6.45, 7) is 1.84. The summed E-state index contributed by atoms with van der Waals surface area (Å²) >= 11 is 2.81. The summed E-state index contributed by atoms with van der Waals surface area (Å²) in [5, 5.41) is 10.2. The topological polar surface area (TPSA) is 71.1 Å². The molecule has 8 heteroatoms. The van der Waals surface area contributed by atoms with Gasteiger partial charge >= 0.3 is 0 Å². The van der Waals surface area contributed by atoms with E-state index >= 15 is 0 Å². The summed E-state index contributed by atoms with van der Waals surface area (Å²) in [6, 6.07) is 26.9. The highest BCUT2D eigenvalue weighted by molar-refractivity contribution is 8.00. The van der Waals surface area contributed by atoms with Crippen molar-refractivity contribution in [3.05, 3.63) is 108 Å². The van der Waals surface area contributed by atoms with E-state index in [0.29, 0.717) is 16.4 Å². The Morgan fingerprint density at radius 3 is 2.38 bits per heavy atom. The standard InChI is InChI=1S/C29H22FN3O2S2/c1-18(37-25-14-12-24(13-15-25)31-28(35)20-8-10-23(30)11-9-20)27(34)33-29-32-26(17-36-29)22-7-6-19-4-2-3-5-21(19)16-22/h2-18H,1H3,(H,31,35)(H,32,33,34). The van der Waals surface area contributed by atoms with Gasteiger partial charge in [0.15, 0.2) is 5.13 Å². The lowest BCUT2D eigenvalue weighted by molar-refractivity contribution is -0.115. The van der Waals surface area contributed by atoms with Gasteiger partial charge in [0.1, 0.15) is 5.82 Å². The molecule has 0 spiro atoms. The molecule has 0 saturated carbocycles. The Labute approximate surface area is 221 Å². The van der Waals surface area contributed by atoms with Crippen LogP contribution >= 0.6 is 23.1 Å². The normalized spacial score (nSPS) is 11.7. The molecule has 1 atom stereocenters. The minimum atomic E-state index is -0.392. The van der Waals surface area contributed by atoms with Gasteiger partial charge in [-0.3, -0.25) is 9.59 Å². The molecule has 0 aliphatic rings. The average molecular weight is 528 g/mol. The largest absolute Gasteiger partial charge is 0.322 e. The van der Waals surface area contributed by atoms with Crippen LogP contribution in [-0.4, -0.2) is 22.0 Å². The number of rotatable bonds is 7. The van der Waals surface area contributed by atoms with Crippen molar-refractivity contribution in [2.24, 2.45) is 0 Å². The highest BCUT2D eigenvalue weighted by atomic mass is 32.2. The van der Waals surface area contributed by atoms with Crippen LogP contribution in [0, 0.1) is 5.82 Å². The quantitative estimate of drug-likeness (QED) is 0.215. The van der Waals surface area contributed by atoms with E-state index in [2.05, 4.69) is 39.9 Å². The number of amides is 2. The van der Waals surface area contributed by atoms with Crippen molar-refractivity contribution in [3.8, 4) is 11.3 Å². The molecular weight excluding hydrogens is 505 g/mol. The predicted octanol–water partition coefficient (Wildman–Crippen LogP) is 7.47. The smallest absolute Gasteiger partial charge is 0.255 e. The molecule has 37 heavy (non-hydrogen) atoms. The maximum Gasteiger partial charge on any atom is 0.255 e. The van der Waals surface area contributed by atoms with E-state index in [-0.39, 0.29) is 17.1 Å². The molecule has 1 unspecified atom stereocenters. The molecule has 0 fully saturated rings. The van der Waals surface area contributed by atoms with E-state index in [1.54, 1.807) is 12.1 Å². The van der Waals surface area contributed by atoms with Gasteiger partial charge in [0.2, 0.25) is 5.91 Å². The van der Waals surface area contributed by atoms with Crippen LogP contribution in [0.3, 0.4) is 0 Å². The van der Waals surface area contributed by atoms with Crippen molar-refractivity contribution in [2.45, 2.75) is 17.1 Å². The van der Waals surface area contributed by atoms with Crippen LogP contribution in [0.15, 0.2) is 101 Å². The van der Waals surface area contributed by atoms with Gasteiger partial charge in [-0.15, -0.1) is 23.1 Å². The third kappa shape index (κ3) is 6.04.